The monoisotopic (exact) mass is 242 g/mol. The van der Waals surface area contributed by atoms with Gasteiger partial charge in [-0.2, -0.15) is 0 Å². The van der Waals surface area contributed by atoms with E-state index in [1.54, 1.807) is 0 Å². The molecule has 4 heteroatoms. The van der Waals surface area contributed by atoms with E-state index in [1.165, 1.54) is 5.56 Å². The first-order valence-corrected chi connectivity index (χ1v) is 4.76. The molecular weight excluding hydrogens is 236 g/mol. The van der Waals surface area contributed by atoms with Gasteiger partial charge < -0.3 is 9.97 Å². The Morgan fingerprint density at radius 1 is 1.33 bits per heavy atom. The van der Waals surface area contributed by atoms with Crippen LogP contribution in [0, 0.1) is 11.7 Å². The molecule has 0 spiro atoms. The van der Waals surface area contributed by atoms with Gasteiger partial charge in [-0.3, -0.25) is 0 Å². The highest BCUT2D eigenvalue weighted by atomic mass is 79.9. The third-order valence-electron chi connectivity index (χ3n) is 1.82. The first kappa shape index (κ1) is 8.01. The fourth-order valence-corrected chi connectivity index (χ4v) is 1.83. The number of aromatic amines is 2. The summed E-state index contributed by atoms with van der Waals surface area (Å²) in [7, 11) is 0. The summed E-state index contributed by atoms with van der Waals surface area (Å²) in [5.74, 6) is 0. The molecule has 0 saturated carbocycles. The van der Waals surface area contributed by atoms with Crippen LogP contribution in [0.1, 0.15) is 5.56 Å². The SMILES string of the molecule is Cc1ccc2[nH]c(=S)[nH]c2c1Br. The molecule has 0 aliphatic rings. The van der Waals surface area contributed by atoms with E-state index in [0.717, 1.165) is 15.5 Å². The summed E-state index contributed by atoms with van der Waals surface area (Å²) in [5.41, 5.74) is 3.28. The van der Waals surface area contributed by atoms with E-state index in [0.29, 0.717) is 4.77 Å². The number of aryl methyl sites for hydroxylation is 1. The minimum absolute atomic E-state index is 0.663. The standard InChI is InChI=1S/C8H7BrN2S/c1-4-2-3-5-7(6(4)9)11-8(12)10-5/h2-3H,1H3,(H2,10,11,12). The van der Waals surface area contributed by atoms with Crippen molar-refractivity contribution in [3.05, 3.63) is 26.9 Å². The highest BCUT2D eigenvalue weighted by molar-refractivity contribution is 9.10. The van der Waals surface area contributed by atoms with E-state index >= 15 is 0 Å². The summed E-state index contributed by atoms with van der Waals surface area (Å²) < 4.78 is 1.74. The van der Waals surface area contributed by atoms with Crippen molar-refractivity contribution in [1.29, 1.82) is 0 Å². The Labute approximate surface area is 83.1 Å². The molecule has 0 aliphatic carbocycles. The minimum atomic E-state index is 0.663. The Morgan fingerprint density at radius 2 is 2.08 bits per heavy atom. The van der Waals surface area contributed by atoms with Crippen LogP contribution in [-0.4, -0.2) is 9.97 Å². The Bertz CT molecular complexity index is 483. The van der Waals surface area contributed by atoms with Crippen LogP contribution in [0.4, 0.5) is 0 Å². The number of hydrogen-bond donors (Lipinski definition) is 2. The van der Waals surface area contributed by atoms with Crippen LogP contribution in [0.25, 0.3) is 11.0 Å². The van der Waals surface area contributed by atoms with Crippen molar-refractivity contribution in [1.82, 2.24) is 9.97 Å². The van der Waals surface area contributed by atoms with E-state index in [4.69, 9.17) is 12.2 Å². The van der Waals surface area contributed by atoms with Crippen LogP contribution in [0.2, 0.25) is 0 Å². The van der Waals surface area contributed by atoms with Gasteiger partial charge in [0.15, 0.2) is 4.77 Å². The topological polar surface area (TPSA) is 31.6 Å². The third kappa shape index (κ3) is 1.11. The van der Waals surface area contributed by atoms with Gasteiger partial charge in [-0.25, -0.2) is 0 Å². The largest absolute Gasteiger partial charge is 0.331 e. The average molecular weight is 243 g/mol. The Morgan fingerprint density at radius 3 is 2.83 bits per heavy atom. The molecule has 0 amide bonds. The van der Waals surface area contributed by atoms with Crippen LogP contribution in [0.15, 0.2) is 16.6 Å². The first-order valence-electron chi connectivity index (χ1n) is 3.55. The van der Waals surface area contributed by atoms with E-state index in [9.17, 15) is 0 Å². The number of aromatic nitrogens is 2. The lowest BCUT2D eigenvalue weighted by atomic mass is 10.2. The number of nitrogens with one attached hydrogen (secondary N) is 2. The maximum Gasteiger partial charge on any atom is 0.175 e. The van der Waals surface area contributed by atoms with E-state index in [2.05, 4.69) is 25.9 Å². The summed E-state index contributed by atoms with van der Waals surface area (Å²) >= 11 is 8.48. The predicted octanol–water partition coefficient (Wildman–Crippen LogP) is 3.30. The molecule has 2 rings (SSSR count). The van der Waals surface area contributed by atoms with Crippen molar-refractivity contribution in [2.75, 3.05) is 0 Å². The number of fused-ring (bicyclic) bond motifs is 1. The molecular formula is C8H7BrN2S. The fourth-order valence-electron chi connectivity index (χ4n) is 1.17. The Hall–Kier alpha value is -0.610. The van der Waals surface area contributed by atoms with Crippen molar-refractivity contribution < 1.29 is 0 Å². The van der Waals surface area contributed by atoms with Gasteiger partial charge in [0.2, 0.25) is 0 Å². The molecule has 0 bridgehead atoms. The Kier molecular flexibility index (Phi) is 1.81. The van der Waals surface area contributed by atoms with Crippen LogP contribution in [0.5, 0.6) is 0 Å². The second kappa shape index (κ2) is 2.71. The van der Waals surface area contributed by atoms with Crippen molar-refractivity contribution in [2.45, 2.75) is 6.92 Å². The van der Waals surface area contributed by atoms with Crippen LogP contribution >= 0.6 is 28.1 Å². The molecule has 0 saturated heterocycles. The second-order valence-corrected chi connectivity index (χ2v) is 3.90. The number of halogens is 1. The average Bonchev–Trinajstić information content (AvgIpc) is 2.39. The lowest BCUT2D eigenvalue weighted by Crippen LogP contribution is -1.77. The molecule has 62 valence electrons. The molecule has 0 aliphatic heterocycles. The van der Waals surface area contributed by atoms with Gasteiger partial charge in [0.1, 0.15) is 0 Å². The molecule has 1 aromatic heterocycles. The lowest BCUT2D eigenvalue weighted by Gasteiger charge is -1.97. The molecule has 2 nitrogen and oxygen atoms in total. The van der Waals surface area contributed by atoms with Crippen molar-refractivity contribution in [3.63, 3.8) is 0 Å². The fraction of sp³-hybridized carbons (Fsp3) is 0.125. The van der Waals surface area contributed by atoms with Crippen LogP contribution < -0.4 is 0 Å². The molecule has 12 heavy (non-hydrogen) atoms. The highest BCUT2D eigenvalue weighted by Crippen LogP contribution is 2.24. The molecule has 1 aromatic carbocycles. The first-order chi connectivity index (χ1) is 5.68. The van der Waals surface area contributed by atoms with E-state index in [1.807, 2.05) is 19.1 Å². The van der Waals surface area contributed by atoms with Crippen molar-refractivity contribution >= 4 is 39.2 Å². The number of imidazole rings is 1. The Balaban J connectivity index is 2.99. The van der Waals surface area contributed by atoms with Crippen LogP contribution in [-0.2, 0) is 0 Å². The summed E-state index contributed by atoms with van der Waals surface area (Å²) in [6.07, 6.45) is 0. The normalized spacial score (nSPS) is 10.8. The molecule has 2 N–H and O–H groups in total. The quantitative estimate of drug-likeness (QED) is 0.683. The number of benzene rings is 1. The number of hydrogen-bond acceptors (Lipinski definition) is 1. The second-order valence-electron chi connectivity index (χ2n) is 2.70. The summed E-state index contributed by atoms with van der Waals surface area (Å²) in [5, 5.41) is 0. The number of H-pyrrole nitrogens is 2. The smallest absolute Gasteiger partial charge is 0.175 e. The van der Waals surface area contributed by atoms with E-state index < -0.39 is 0 Å². The number of rotatable bonds is 0. The predicted molar refractivity (Wildman–Crippen MR) is 55.9 cm³/mol. The minimum Gasteiger partial charge on any atom is -0.331 e. The molecule has 2 aromatic rings. The zero-order chi connectivity index (χ0) is 8.72. The van der Waals surface area contributed by atoms with Gasteiger partial charge in [0, 0.05) is 4.47 Å². The van der Waals surface area contributed by atoms with Gasteiger partial charge in [-0.1, -0.05) is 6.07 Å². The zero-order valence-corrected chi connectivity index (χ0v) is 8.84. The van der Waals surface area contributed by atoms with Crippen molar-refractivity contribution in [2.24, 2.45) is 0 Å². The van der Waals surface area contributed by atoms with Crippen LogP contribution in [0.3, 0.4) is 0 Å². The molecule has 1 heterocycles. The molecule has 0 radical (unpaired) electrons. The van der Waals surface area contributed by atoms with Gasteiger partial charge in [0.05, 0.1) is 11.0 Å². The van der Waals surface area contributed by atoms with E-state index in [-0.39, 0.29) is 0 Å². The highest BCUT2D eigenvalue weighted by Gasteiger charge is 2.02. The molecule has 0 atom stereocenters. The van der Waals surface area contributed by atoms with Gasteiger partial charge in [-0.15, -0.1) is 0 Å². The summed E-state index contributed by atoms with van der Waals surface area (Å²) in [6.45, 7) is 2.05. The molecule has 0 unspecified atom stereocenters. The maximum atomic E-state index is 4.98. The van der Waals surface area contributed by atoms with Gasteiger partial charge >= 0.3 is 0 Å². The maximum absolute atomic E-state index is 4.98. The van der Waals surface area contributed by atoms with Gasteiger partial charge in [0.25, 0.3) is 0 Å². The summed E-state index contributed by atoms with van der Waals surface area (Å²) in [6, 6.07) is 4.06. The lowest BCUT2D eigenvalue weighted by molar-refractivity contribution is 1.30. The molecule has 0 fully saturated rings. The van der Waals surface area contributed by atoms with Gasteiger partial charge in [-0.05, 0) is 46.7 Å². The third-order valence-corrected chi connectivity index (χ3v) is 3.05. The summed E-state index contributed by atoms with van der Waals surface area (Å²) in [4.78, 5) is 6.14. The zero-order valence-electron chi connectivity index (χ0n) is 6.44. The van der Waals surface area contributed by atoms with Crippen molar-refractivity contribution in [3.8, 4) is 0 Å².